The van der Waals surface area contributed by atoms with E-state index in [-0.39, 0.29) is 11.8 Å². The molecule has 0 spiro atoms. The number of nitrogens with zero attached hydrogens (tertiary/aromatic N) is 1. The Bertz CT molecular complexity index is 1170. The lowest BCUT2D eigenvalue weighted by Gasteiger charge is -2.05. The molecule has 3 aromatic carbocycles. The Morgan fingerprint density at radius 3 is 2.03 bits per heavy atom. The molecule has 6 heteroatoms. The summed E-state index contributed by atoms with van der Waals surface area (Å²) in [7, 11) is 0. The van der Waals surface area contributed by atoms with Crippen LogP contribution in [0.15, 0.2) is 66.7 Å². The zero-order chi connectivity index (χ0) is 20.4. The van der Waals surface area contributed by atoms with Crippen molar-refractivity contribution in [3.63, 3.8) is 0 Å². The van der Waals surface area contributed by atoms with Gasteiger partial charge in [0.05, 0.1) is 10.2 Å². The molecule has 0 saturated heterocycles. The Balaban J connectivity index is 1.51. The highest BCUT2D eigenvalue weighted by atomic mass is 32.1. The van der Waals surface area contributed by atoms with E-state index in [1.165, 1.54) is 11.3 Å². The van der Waals surface area contributed by atoms with E-state index >= 15 is 0 Å². The van der Waals surface area contributed by atoms with Gasteiger partial charge in [-0.05, 0) is 56.3 Å². The number of aryl methyl sites for hydroxylation is 2. The summed E-state index contributed by atoms with van der Waals surface area (Å²) in [5, 5.41) is 6.28. The van der Waals surface area contributed by atoms with Crippen molar-refractivity contribution in [3.05, 3.63) is 89.0 Å². The Morgan fingerprint density at radius 1 is 0.793 bits per heavy atom. The lowest BCUT2D eigenvalue weighted by Crippen LogP contribution is -2.11. The van der Waals surface area contributed by atoms with Gasteiger partial charge in [-0.15, -0.1) is 0 Å². The molecule has 2 amide bonds. The zero-order valence-corrected chi connectivity index (χ0v) is 16.8. The number of aromatic nitrogens is 1. The number of amides is 2. The maximum absolute atomic E-state index is 12.5. The van der Waals surface area contributed by atoms with Crippen LogP contribution in [0.4, 0.5) is 10.8 Å². The van der Waals surface area contributed by atoms with Gasteiger partial charge in [0.15, 0.2) is 5.13 Å². The number of thiazole rings is 1. The molecule has 4 rings (SSSR count). The fraction of sp³-hybridized carbons (Fsp3) is 0.0870. The van der Waals surface area contributed by atoms with Gasteiger partial charge in [-0.3, -0.25) is 14.9 Å². The quantitative estimate of drug-likeness (QED) is 0.480. The highest BCUT2D eigenvalue weighted by Gasteiger charge is 2.12. The second-order valence-electron chi connectivity index (χ2n) is 6.85. The van der Waals surface area contributed by atoms with Gasteiger partial charge in [0, 0.05) is 16.8 Å². The monoisotopic (exact) mass is 401 g/mol. The molecule has 2 N–H and O–H groups in total. The largest absolute Gasteiger partial charge is 0.322 e. The number of carbonyl (C=O) groups is 2. The van der Waals surface area contributed by atoms with Crippen molar-refractivity contribution in [1.82, 2.24) is 4.98 Å². The minimum atomic E-state index is -0.194. The molecular formula is C23H19N3O2S. The van der Waals surface area contributed by atoms with Crippen LogP contribution < -0.4 is 10.6 Å². The van der Waals surface area contributed by atoms with Gasteiger partial charge in [-0.2, -0.15) is 0 Å². The first-order chi connectivity index (χ1) is 14.0. The van der Waals surface area contributed by atoms with E-state index in [2.05, 4.69) is 15.6 Å². The van der Waals surface area contributed by atoms with Crippen LogP contribution in [0, 0.1) is 13.8 Å². The fourth-order valence-electron chi connectivity index (χ4n) is 3.00. The SMILES string of the molecule is Cc1cccc(C(=O)Nc2ccc3nc(NC(=O)c4cccc(C)c4)sc3c2)c1. The molecule has 0 saturated carbocycles. The van der Waals surface area contributed by atoms with Crippen LogP contribution >= 0.6 is 11.3 Å². The summed E-state index contributed by atoms with van der Waals surface area (Å²) in [6.07, 6.45) is 0. The number of rotatable bonds is 4. The summed E-state index contributed by atoms with van der Waals surface area (Å²) in [4.78, 5) is 29.4. The second-order valence-corrected chi connectivity index (χ2v) is 7.88. The molecule has 29 heavy (non-hydrogen) atoms. The number of hydrogen-bond acceptors (Lipinski definition) is 4. The van der Waals surface area contributed by atoms with Crippen molar-refractivity contribution in [2.75, 3.05) is 10.6 Å². The minimum absolute atomic E-state index is 0.162. The average molecular weight is 401 g/mol. The average Bonchev–Trinajstić information content (AvgIpc) is 3.09. The van der Waals surface area contributed by atoms with Crippen LogP contribution in [0.25, 0.3) is 10.2 Å². The summed E-state index contributed by atoms with van der Waals surface area (Å²) in [5.41, 5.74) is 4.71. The third kappa shape index (κ3) is 4.33. The molecule has 1 aromatic heterocycles. The number of hydrogen-bond donors (Lipinski definition) is 2. The molecule has 0 unspecified atom stereocenters. The van der Waals surface area contributed by atoms with Crippen molar-refractivity contribution >= 4 is 44.2 Å². The van der Waals surface area contributed by atoms with Crippen LogP contribution in [0.5, 0.6) is 0 Å². The van der Waals surface area contributed by atoms with Crippen LogP contribution in [0.1, 0.15) is 31.8 Å². The van der Waals surface area contributed by atoms with Crippen molar-refractivity contribution in [3.8, 4) is 0 Å². The normalized spacial score (nSPS) is 10.7. The number of nitrogens with one attached hydrogen (secondary N) is 2. The first-order valence-electron chi connectivity index (χ1n) is 9.14. The molecule has 0 aliphatic rings. The molecule has 0 aliphatic carbocycles. The fourth-order valence-corrected chi connectivity index (χ4v) is 3.90. The number of anilines is 2. The summed E-state index contributed by atoms with van der Waals surface area (Å²) in [5.74, 6) is -0.355. The highest BCUT2D eigenvalue weighted by Crippen LogP contribution is 2.29. The lowest BCUT2D eigenvalue weighted by molar-refractivity contribution is 0.101. The van der Waals surface area contributed by atoms with Crippen LogP contribution in [0.3, 0.4) is 0 Å². The Morgan fingerprint density at radius 2 is 1.41 bits per heavy atom. The van der Waals surface area contributed by atoms with Crippen molar-refractivity contribution < 1.29 is 9.59 Å². The molecule has 1 heterocycles. The van der Waals surface area contributed by atoms with Gasteiger partial charge in [0.1, 0.15) is 0 Å². The minimum Gasteiger partial charge on any atom is -0.322 e. The van der Waals surface area contributed by atoms with Crippen molar-refractivity contribution in [2.24, 2.45) is 0 Å². The van der Waals surface area contributed by atoms with E-state index in [1.54, 1.807) is 12.1 Å². The van der Waals surface area contributed by atoms with E-state index in [0.717, 1.165) is 21.3 Å². The topological polar surface area (TPSA) is 71.1 Å². The molecule has 4 aromatic rings. The molecular weight excluding hydrogens is 382 g/mol. The van der Waals surface area contributed by atoms with Crippen molar-refractivity contribution in [2.45, 2.75) is 13.8 Å². The van der Waals surface area contributed by atoms with Gasteiger partial charge in [-0.1, -0.05) is 46.7 Å². The van der Waals surface area contributed by atoms with Crippen LogP contribution in [-0.2, 0) is 0 Å². The Kier molecular flexibility index (Phi) is 5.10. The first-order valence-corrected chi connectivity index (χ1v) is 9.96. The van der Waals surface area contributed by atoms with E-state index in [4.69, 9.17) is 0 Å². The Labute approximate surface area is 172 Å². The summed E-state index contributed by atoms with van der Waals surface area (Å²) in [6.45, 7) is 3.90. The van der Waals surface area contributed by atoms with E-state index < -0.39 is 0 Å². The van der Waals surface area contributed by atoms with Gasteiger partial charge in [-0.25, -0.2) is 4.98 Å². The molecule has 144 valence electrons. The second kappa shape index (κ2) is 7.85. The molecule has 0 radical (unpaired) electrons. The lowest BCUT2D eigenvalue weighted by atomic mass is 10.1. The highest BCUT2D eigenvalue weighted by molar-refractivity contribution is 7.22. The maximum Gasteiger partial charge on any atom is 0.257 e. The zero-order valence-electron chi connectivity index (χ0n) is 16.0. The van der Waals surface area contributed by atoms with Gasteiger partial charge in [0.25, 0.3) is 11.8 Å². The molecule has 0 fully saturated rings. The molecule has 5 nitrogen and oxygen atoms in total. The van der Waals surface area contributed by atoms with E-state index in [0.29, 0.717) is 21.9 Å². The summed E-state index contributed by atoms with van der Waals surface area (Å²) >= 11 is 1.37. The standard InChI is InChI=1S/C23H19N3O2S/c1-14-5-3-7-16(11-14)21(27)24-18-9-10-19-20(13-18)29-23(25-19)26-22(28)17-8-4-6-15(2)12-17/h3-13H,1-2H3,(H,24,27)(H,25,26,28). The molecule has 0 bridgehead atoms. The summed E-state index contributed by atoms with van der Waals surface area (Å²) < 4.78 is 0.881. The number of benzene rings is 3. The van der Waals surface area contributed by atoms with Gasteiger partial charge in [0.2, 0.25) is 0 Å². The number of carbonyl (C=O) groups excluding carboxylic acids is 2. The Hall–Kier alpha value is -3.51. The number of fused-ring (bicyclic) bond motifs is 1. The van der Waals surface area contributed by atoms with E-state index in [1.807, 2.05) is 68.4 Å². The third-order valence-corrected chi connectivity index (χ3v) is 5.36. The van der Waals surface area contributed by atoms with E-state index in [9.17, 15) is 9.59 Å². The maximum atomic E-state index is 12.5. The van der Waals surface area contributed by atoms with Crippen LogP contribution in [0.2, 0.25) is 0 Å². The first kappa shape index (κ1) is 18.8. The van der Waals surface area contributed by atoms with Gasteiger partial charge < -0.3 is 5.32 Å². The van der Waals surface area contributed by atoms with Crippen LogP contribution in [-0.4, -0.2) is 16.8 Å². The van der Waals surface area contributed by atoms with Gasteiger partial charge >= 0.3 is 0 Å². The molecule has 0 aliphatic heterocycles. The van der Waals surface area contributed by atoms with Crippen molar-refractivity contribution in [1.29, 1.82) is 0 Å². The third-order valence-electron chi connectivity index (χ3n) is 4.43. The smallest absolute Gasteiger partial charge is 0.257 e. The predicted molar refractivity (Wildman–Crippen MR) is 118 cm³/mol. The predicted octanol–water partition coefficient (Wildman–Crippen LogP) is 5.42. The molecule has 0 atom stereocenters. The summed E-state index contributed by atoms with van der Waals surface area (Å²) in [6, 6.07) is 20.4.